The van der Waals surface area contributed by atoms with Crippen molar-refractivity contribution >= 4 is 11.6 Å². The summed E-state index contributed by atoms with van der Waals surface area (Å²) < 4.78 is 1.64. The van der Waals surface area contributed by atoms with Gasteiger partial charge in [0.15, 0.2) is 0 Å². The van der Waals surface area contributed by atoms with Crippen molar-refractivity contribution in [2.45, 2.75) is 32.4 Å². The van der Waals surface area contributed by atoms with Crippen LogP contribution in [0.15, 0.2) is 42.7 Å². The molecule has 0 saturated heterocycles. The number of aromatic nitrogens is 2. The van der Waals surface area contributed by atoms with Gasteiger partial charge < -0.3 is 10.6 Å². The quantitative estimate of drug-likeness (QED) is 0.819. The van der Waals surface area contributed by atoms with E-state index in [1.807, 2.05) is 12.3 Å². The van der Waals surface area contributed by atoms with Crippen LogP contribution in [0.4, 0.5) is 5.69 Å². The van der Waals surface area contributed by atoms with Crippen LogP contribution in [0, 0.1) is 0 Å². The number of amides is 1. The second-order valence-electron chi connectivity index (χ2n) is 5.04. The van der Waals surface area contributed by atoms with Crippen molar-refractivity contribution in [3.63, 3.8) is 0 Å². The highest BCUT2D eigenvalue weighted by molar-refractivity contribution is 5.75. The second kappa shape index (κ2) is 7.47. The molecule has 0 saturated carbocycles. The molecule has 1 atom stereocenters. The lowest BCUT2D eigenvalue weighted by Crippen LogP contribution is -2.23. The fraction of sp³-hybridized carbons (Fsp3) is 0.375. The molecule has 0 aliphatic heterocycles. The highest BCUT2D eigenvalue weighted by atomic mass is 16.1. The van der Waals surface area contributed by atoms with Crippen LogP contribution >= 0.6 is 0 Å². The number of nitrogens with zero attached hydrogens (tertiary/aromatic N) is 2. The molecule has 2 N–H and O–H groups in total. The average Bonchev–Trinajstić information content (AvgIpc) is 2.94. The minimum atomic E-state index is -0.0547. The van der Waals surface area contributed by atoms with Crippen molar-refractivity contribution in [3.05, 3.63) is 48.3 Å². The first-order valence-corrected chi connectivity index (χ1v) is 7.24. The van der Waals surface area contributed by atoms with Gasteiger partial charge in [-0.1, -0.05) is 37.3 Å². The molecule has 21 heavy (non-hydrogen) atoms. The van der Waals surface area contributed by atoms with Crippen LogP contribution in [0.1, 0.15) is 18.9 Å². The number of carbonyl (C=O) groups excluding carboxylic acids is 1. The van der Waals surface area contributed by atoms with E-state index in [2.05, 4.69) is 46.9 Å². The summed E-state index contributed by atoms with van der Waals surface area (Å²) in [5, 5.41) is 10.3. The average molecular weight is 286 g/mol. The normalized spacial score (nSPS) is 11.9. The Hall–Kier alpha value is -2.30. The number of anilines is 1. The molecular weight excluding hydrogens is 264 g/mol. The molecule has 0 aliphatic rings. The second-order valence-corrected chi connectivity index (χ2v) is 5.04. The Bertz CT molecular complexity index is 565. The fourth-order valence-electron chi connectivity index (χ4n) is 2.18. The number of nitrogens with one attached hydrogen (secondary N) is 2. The fourth-order valence-corrected chi connectivity index (χ4v) is 2.18. The first-order chi connectivity index (χ1) is 10.2. The van der Waals surface area contributed by atoms with Gasteiger partial charge in [0.2, 0.25) is 5.91 Å². The van der Waals surface area contributed by atoms with Crippen molar-refractivity contribution in [2.75, 3.05) is 12.4 Å². The van der Waals surface area contributed by atoms with Crippen molar-refractivity contribution in [1.29, 1.82) is 0 Å². The Morgan fingerprint density at radius 3 is 2.76 bits per heavy atom. The molecule has 5 nitrogen and oxygen atoms in total. The molecule has 1 aromatic carbocycles. The minimum absolute atomic E-state index is 0.0547. The van der Waals surface area contributed by atoms with Gasteiger partial charge in [-0.2, -0.15) is 5.10 Å². The molecule has 112 valence electrons. The largest absolute Gasteiger partial charge is 0.379 e. The van der Waals surface area contributed by atoms with Gasteiger partial charge in [0, 0.05) is 19.3 Å². The number of likely N-dealkylation sites (N-methyl/N-ethyl adjacent to an activating group) is 1. The van der Waals surface area contributed by atoms with Crippen molar-refractivity contribution < 1.29 is 4.79 Å². The first-order valence-electron chi connectivity index (χ1n) is 7.24. The molecule has 5 heteroatoms. The Labute approximate surface area is 125 Å². The van der Waals surface area contributed by atoms with Gasteiger partial charge in [0.1, 0.15) is 6.54 Å². The molecular formula is C16H22N4O. The summed E-state index contributed by atoms with van der Waals surface area (Å²) in [6.07, 6.45) is 5.62. The van der Waals surface area contributed by atoms with Gasteiger partial charge in [0.25, 0.3) is 0 Å². The predicted octanol–water partition coefficient (Wildman–Crippen LogP) is 2.06. The summed E-state index contributed by atoms with van der Waals surface area (Å²) in [5.41, 5.74) is 2.26. The van der Waals surface area contributed by atoms with Crippen LogP contribution in [0.3, 0.4) is 0 Å². The number of rotatable bonds is 7. The van der Waals surface area contributed by atoms with Crippen LogP contribution in [0.2, 0.25) is 0 Å². The molecule has 0 fully saturated rings. The molecule has 2 aromatic rings. The topological polar surface area (TPSA) is 59.0 Å². The standard InChI is InChI=1S/C16H22N4O/c1-3-14(9-13-7-5-4-6-8-13)19-15-10-18-20(11-15)12-16(21)17-2/h4-8,10-11,14,19H,3,9,12H2,1-2H3,(H,17,21). The van der Waals surface area contributed by atoms with E-state index in [1.165, 1.54) is 5.56 Å². The van der Waals surface area contributed by atoms with Crippen LogP contribution in [-0.2, 0) is 17.8 Å². The lowest BCUT2D eigenvalue weighted by molar-refractivity contribution is -0.121. The van der Waals surface area contributed by atoms with Crippen LogP contribution in [0.5, 0.6) is 0 Å². The smallest absolute Gasteiger partial charge is 0.241 e. The third-order valence-electron chi connectivity index (χ3n) is 3.41. The SMILES string of the molecule is CCC(Cc1ccccc1)Nc1cnn(CC(=O)NC)c1. The summed E-state index contributed by atoms with van der Waals surface area (Å²) >= 11 is 0. The third kappa shape index (κ3) is 4.63. The zero-order chi connectivity index (χ0) is 15.1. The number of carbonyl (C=O) groups is 1. The lowest BCUT2D eigenvalue weighted by Gasteiger charge is -2.17. The molecule has 1 heterocycles. The first kappa shape index (κ1) is 15.1. The minimum Gasteiger partial charge on any atom is -0.379 e. The lowest BCUT2D eigenvalue weighted by atomic mass is 10.0. The van der Waals surface area contributed by atoms with Crippen LogP contribution in [-0.4, -0.2) is 28.8 Å². The third-order valence-corrected chi connectivity index (χ3v) is 3.41. The molecule has 1 amide bonds. The summed E-state index contributed by atoms with van der Waals surface area (Å²) in [7, 11) is 1.62. The summed E-state index contributed by atoms with van der Waals surface area (Å²) in [5.74, 6) is -0.0547. The van der Waals surface area contributed by atoms with E-state index < -0.39 is 0 Å². The molecule has 0 radical (unpaired) electrons. The van der Waals surface area contributed by atoms with Gasteiger partial charge in [-0.15, -0.1) is 0 Å². The highest BCUT2D eigenvalue weighted by Gasteiger charge is 2.09. The van der Waals surface area contributed by atoms with Gasteiger partial charge in [0.05, 0.1) is 11.9 Å². The summed E-state index contributed by atoms with van der Waals surface area (Å²) in [6.45, 7) is 2.41. The molecule has 0 spiro atoms. The van der Waals surface area contributed by atoms with Gasteiger partial charge in [-0.3, -0.25) is 9.48 Å². The van der Waals surface area contributed by atoms with E-state index in [0.29, 0.717) is 6.04 Å². The maximum Gasteiger partial charge on any atom is 0.241 e. The van der Waals surface area contributed by atoms with Gasteiger partial charge in [-0.05, 0) is 18.4 Å². The van der Waals surface area contributed by atoms with E-state index in [9.17, 15) is 4.79 Å². The molecule has 1 unspecified atom stereocenters. The molecule has 0 bridgehead atoms. The van der Waals surface area contributed by atoms with Crippen LogP contribution < -0.4 is 10.6 Å². The number of benzene rings is 1. The molecule has 0 aliphatic carbocycles. The van der Waals surface area contributed by atoms with Crippen molar-refractivity contribution in [1.82, 2.24) is 15.1 Å². The van der Waals surface area contributed by atoms with E-state index in [1.54, 1.807) is 17.9 Å². The Morgan fingerprint density at radius 2 is 2.10 bits per heavy atom. The number of hydrogen-bond donors (Lipinski definition) is 2. The van der Waals surface area contributed by atoms with E-state index in [0.717, 1.165) is 18.5 Å². The zero-order valence-electron chi connectivity index (χ0n) is 12.5. The molecule has 1 aromatic heterocycles. The van der Waals surface area contributed by atoms with Crippen molar-refractivity contribution in [3.8, 4) is 0 Å². The predicted molar refractivity (Wildman–Crippen MR) is 84.1 cm³/mol. The Kier molecular flexibility index (Phi) is 5.37. The maximum absolute atomic E-state index is 11.3. The monoisotopic (exact) mass is 286 g/mol. The maximum atomic E-state index is 11.3. The van der Waals surface area contributed by atoms with E-state index >= 15 is 0 Å². The molecule has 2 rings (SSSR count). The Morgan fingerprint density at radius 1 is 1.33 bits per heavy atom. The van der Waals surface area contributed by atoms with E-state index in [4.69, 9.17) is 0 Å². The number of hydrogen-bond acceptors (Lipinski definition) is 3. The van der Waals surface area contributed by atoms with E-state index in [-0.39, 0.29) is 12.5 Å². The zero-order valence-corrected chi connectivity index (χ0v) is 12.5. The van der Waals surface area contributed by atoms with Crippen LogP contribution in [0.25, 0.3) is 0 Å². The highest BCUT2D eigenvalue weighted by Crippen LogP contribution is 2.12. The van der Waals surface area contributed by atoms with Crippen molar-refractivity contribution in [2.24, 2.45) is 0 Å². The van der Waals surface area contributed by atoms with Gasteiger partial charge in [-0.25, -0.2) is 0 Å². The van der Waals surface area contributed by atoms with Gasteiger partial charge >= 0.3 is 0 Å². The summed E-state index contributed by atoms with van der Waals surface area (Å²) in [4.78, 5) is 11.3. The summed E-state index contributed by atoms with van der Waals surface area (Å²) in [6, 6.07) is 10.8. The Balaban J connectivity index is 1.94.